The van der Waals surface area contributed by atoms with Crippen molar-refractivity contribution in [3.63, 3.8) is 0 Å². The summed E-state index contributed by atoms with van der Waals surface area (Å²) < 4.78 is 22.2. The largest absolute Gasteiger partial charge is 0.416 e. The third kappa shape index (κ3) is 4.45. The Morgan fingerprint density at radius 2 is 1.50 bits per heavy atom. The third-order valence-corrected chi connectivity index (χ3v) is 12.7. The van der Waals surface area contributed by atoms with Crippen LogP contribution in [-0.2, 0) is 17.5 Å². The molecular formula is C27H38FNO2Si. The fourth-order valence-electron chi connectivity index (χ4n) is 5.02. The Hall–Kier alpha value is -1.53. The molecule has 2 aromatic carbocycles. The second-order valence-corrected chi connectivity index (χ2v) is 16.2. The summed E-state index contributed by atoms with van der Waals surface area (Å²) >= 11 is 0. The quantitative estimate of drug-likeness (QED) is 0.511. The molecule has 32 heavy (non-hydrogen) atoms. The average Bonchev–Trinajstić information content (AvgIpc) is 3.42. The van der Waals surface area contributed by atoms with Gasteiger partial charge in [0.05, 0.1) is 6.10 Å². The number of hydrogen-bond donors (Lipinski definition) is 1. The van der Waals surface area contributed by atoms with E-state index in [1.54, 1.807) is 0 Å². The molecular weight excluding hydrogens is 417 g/mol. The highest BCUT2D eigenvalue weighted by Gasteiger charge is 2.72. The zero-order chi connectivity index (χ0) is 23.1. The number of alkyl halides is 1. The van der Waals surface area contributed by atoms with E-state index in [0.29, 0.717) is 19.7 Å². The summed E-state index contributed by atoms with van der Waals surface area (Å²) in [5.74, 6) is 0.129. The van der Waals surface area contributed by atoms with E-state index >= 15 is 4.39 Å². The third-order valence-electron chi connectivity index (χ3n) is 8.19. The van der Waals surface area contributed by atoms with E-state index in [2.05, 4.69) is 63.0 Å². The molecule has 0 unspecified atom stereocenters. The average molecular weight is 456 g/mol. The summed E-state index contributed by atoms with van der Waals surface area (Å²) in [6.45, 7) is 12.9. The standard InChI is InChI=1S/C27H38FNO2Si/c1-26(2,3)32(4,5)31-19-27-16-22(27)24(23(28)25(27)30)29(17-20-12-8-6-9-13-20)18-21-14-10-7-11-15-21/h6-15,22-25,30H,16-19H2,1-5H3/t22-,23-,24-,25+,27+/m1/s1. The van der Waals surface area contributed by atoms with Crippen LogP contribution in [0.15, 0.2) is 60.7 Å². The first-order valence-corrected chi connectivity index (χ1v) is 14.7. The lowest BCUT2D eigenvalue weighted by atomic mass is 10.0. The Bertz CT molecular complexity index is 859. The van der Waals surface area contributed by atoms with E-state index in [0.717, 1.165) is 6.42 Å². The van der Waals surface area contributed by atoms with Gasteiger partial charge in [0.15, 0.2) is 8.32 Å². The van der Waals surface area contributed by atoms with Gasteiger partial charge in [0.1, 0.15) is 6.17 Å². The van der Waals surface area contributed by atoms with Gasteiger partial charge in [-0.2, -0.15) is 0 Å². The van der Waals surface area contributed by atoms with Crippen LogP contribution in [0.4, 0.5) is 4.39 Å². The van der Waals surface area contributed by atoms with Crippen molar-refractivity contribution in [1.82, 2.24) is 4.90 Å². The minimum atomic E-state index is -1.96. The molecule has 5 heteroatoms. The number of hydrogen-bond acceptors (Lipinski definition) is 3. The molecule has 0 amide bonds. The summed E-state index contributed by atoms with van der Waals surface area (Å²) in [7, 11) is -1.96. The van der Waals surface area contributed by atoms with Crippen molar-refractivity contribution in [3.05, 3.63) is 71.8 Å². The Kier molecular flexibility index (Phi) is 6.40. The molecule has 0 radical (unpaired) electrons. The van der Waals surface area contributed by atoms with E-state index in [9.17, 15) is 5.11 Å². The van der Waals surface area contributed by atoms with E-state index in [-0.39, 0.29) is 17.0 Å². The van der Waals surface area contributed by atoms with Crippen LogP contribution in [0.25, 0.3) is 0 Å². The zero-order valence-electron chi connectivity index (χ0n) is 20.1. The summed E-state index contributed by atoms with van der Waals surface area (Å²) in [6.07, 6.45) is -1.38. The molecule has 0 heterocycles. The van der Waals surface area contributed by atoms with Crippen molar-refractivity contribution in [3.8, 4) is 0 Å². The van der Waals surface area contributed by atoms with E-state index in [4.69, 9.17) is 4.43 Å². The van der Waals surface area contributed by atoms with Crippen LogP contribution in [0.2, 0.25) is 18.1 Å². The van der Waals surface area contributed by atoms with Gasteiger partial charge in [-0.1, -0.05) is 81.4 Å². The zero-order valence-corrected chi connectivity index (χ0v) is 21.1. The van der Waals surface area contributed by atoms with Gasteiger partial charge in [-0.15, -0.1) is 0 Å². The molecule has 2 fully saturated rings. The van der Waals surface area contributed by atoms with E-state index in [1.807, 2.05) is 36.4 Å². The Morgan fingerprint density at radius 3 is 1.97 bits per heavy atom. The van der Waals surface area contributed by atoms with Crippen LogP contribution in [-0.4, -0.2) is 43.2 Å². The minimum absolute atomic E-state index is 0.0960. The summed E-state index contributed by atoms with van der Waals surface area (Å²) in [5.41, 5.74) is 1.90. The lowest BCUT2D eigenvalue weighted by Gasteiger charge is -2.37. The number of aliphatic hydroxyl groups is 1. The molecule has 0 aromatic heterocycles. The van der Waals surface area contributed by atoms with Crippen molar-refractivity contribution in [2.24, 2.45) is 11.3 Å². The van der Waals surface area contributed by atoms with Gasteiger partial charge in [0, 0.05) is 31.2 Å². The van der Waals surface area contributed by atoms with Crippen LogP contribution in [0.5, 0.6) is 0 Å². The number of benzene rings is 2. The molecule has 2 saturated carbocycles. The van der Waals surface area contributed by atoms with Gasteiger partial charge < -0.3 is 9.53 Å². The summed E-state index contributed by atoms with van der Waals surface area (Å²) in [4.78, 5) is 2.24. The minimum Gasteiger partial charge on any atom is -0.416 e. The van der Waals surface area contributed by atoms with Crippen LogP contribution >= 0.6 is 0 Å². The predicted molar refractivity (Wildman–Crippen MR) is 131 cm³/mol. The summed E-state index contributed by atoms with van der Waals surface area (Å²) in [5, 5.41) is 11.1. The van der Waals surface area contributed by atoms with Crippen LogP contribution < -0.4 is 0 Å². The van der Waals surface area contributed by atoms with Gasteiger partial charge in [0.25, 0.3) is 0 Å². The summed E-state index contributed by atoms with van der Waals surface area (Å²) in [6, 6.07) is 20.2. The normalized spacial score (nSPS) is 29.9. The lowest BCUT2D eigenvalue weighted by molar-refractivity contribution is -0.00320. The molecule has 0 spiro atoms. The molecule has 0 aliphatic heterocycles. The monoisotopic (exact) mass is 455 g/mol. The van der Waals surface area contributed by atoms with Gasteiger partial charge in [-0.05, 0) is 41.6 Å². The highest BCUT2D eigenvalue weighted by molar-refractivity contribution is 6.74. The molecule has 4 rings (SSSR count). The Morgan fingerprint density at radius 1 is 1.00 bits per heavy atom. The topological polar surface area (TPSA) is 32.7 Å². The first-order valence-electron chi connectivity index (χ1n) is 11.8. The number of aliphatic hydroxyl groups excluding tert-OH is 1. The second-order valence-electron chi connectivity index (χ2n) is 11.3. The maximum atomic E-state index is 15.7. The molecule has 0 saturated heterocycles. The highest BCUT2D eigenvalue weighted by Crippen LogP contribution is 2.66. The van der Waals surface area contributed by atoms with Crippen molar-refractivity contribution < 1.29 is 13.9 Å². The molecule has 1 N–H and O–H groups in total. The molecule has 2 aliphatic carbocycles. The SMILES string of the molecule is CC(C)(C)[Si](C)(C)OC[C@@]12C[C@@H]1[C@@H](N(Cc1ccccc1)Cc1ccccc1)[C@@H](F)[C@@H]2O. The fraction of sp³-hybridized carbons (Fsp3) is 0.556. The number of nitrogens with zero attached hydrogens (tertiary/aromatic N) is 1. The number of rotatable bonds is 8. The highest BCUT2D eigenvalue weighted by atomic mass is 28.4. The molecule has 3 nitrogen and oxygen atoms in total. The van der Waals surface area contributed by atoms with Crippen molar-refractivity contribution >= 4 is 8.32 Å². The van der Waals surface area contributed by atoms with Crippen LogP contribution in [0.1, 0.15) is 38.3 Å². The first kappa shape index (κ1) is 23.6. The first-order chi connectivity index (χ1) is 15.1. The number of halogens is 1. The van der Waals surface area contributed by atoms with Gasteiger partial charge >= 0.3 is 0 Å². The van der Waals surface area contributed by atoms with Crippen molar-refractivity contribution in [1.29, 1.82) is 0 Å². The van der Waals surface area contributed by atoms with Crippen molar-refractivity contribution in [2.45, 2.75) is 76.7 Å². The Balaban J connectivity index is 1.55. The van der Waals surface area contributed by atoms with E-state index < -0.39 is 26.0 Å². The molecule has 174 valence electrons. The fourth-order valence-corrected chi connectivity index (χ4v) is 6.08. The van der Waals surface area contributed by atoms with Gasteiger partial charge in [-0.25, -0.2) is 4.39 Å². The van der Waals surface area contributed by atoms with Gasteiger partial charge in [0.2, 0.25) is 0 Å². The van der Waals surface area contributed by atoms with E-state index in [1.165, 1.54) is 11.1 Å². The van der Waals surface area contributed by atoms with Crippen LogP contribution in [0.3, 0.4) is 0 Å². The van der Waals surface area contributed by atoms with Crippen LogP contribution in [0, 0.1) is 11.3 Å². The molecule has 0 bridgehead atoms. The predicted octanol–water partition coefficient (Wildman–Crippen LogP) is 5.80. The molecule has 5 atom stereocenters. The maximum absolute atomic E-state index is 15.7. The lowest BCUT2D eigenvalue weighted by Crippen LogP contribution is -2.45. The second kappa shape index (κ2) is 8.67. The molecule has 2 aromatic rings. The maximum Gasteiger partial charge on any atom is 0.192 e. The molecule has 2 aliphatic rings. The van der Waals surface area contributed by atoms with Crippen molar-refractivity contribution in [2.75, 3.05) is 6.61 Å². The Labute approximate surface area is 193 Å². The number of fused-ring (bicyclic) bond motifs is 1. The van der Waals surface area contributed by atoms with Gasteiger partial charge in [-0.3, -0.25) is 4.90 Å². The smallest absolute Gasteiger partial charge is 0.192 e.